The molecule has 0 unspecified atom stereocenters. The van der Waals surface area contributed by atoms with E-state index in [2.05, 4.69) is 52.2 Å². The average Bonchev–Trinajstić information content (AvgIpc) is 1.99. The lowest BCUT2D eigenvalue weighted by molar-refractivity contribution is 0.220. The van der Waals surface area contributed by atoms with Gasteiger partial charge in [0.05, 0.1) is 0 Å². The van der Waals surface area contributed by atoms with Crippen molar-refractivity contribution in [2.24, 2.45) is 5.41 Å². The maximum absolute atomic E-state index is 3.50. The molecule has 0 aromatic carbocycles. The monoisotopic (exact) mass is 200 g/mol. The van der Waals surface area contributed by atoms with E-state index in [0.29, 0.717) is 11.5 Å². The number of nitrogens with one attached hydrogen (secondary N) is 2. The second-order valence-electron chi connectivity index (χ2n) is 6.01. The van der Waals surface area contributed by atoms with E-state index in [0.717, 1.165) is 6.54 Å². The average molecular weight is 200 g/mol. The second-order valence-corrected chi connectivity index (χ2v) is 6.01. The molecule has 0 aromatic heterocycles. The van der Waals surface area contributed by atoms with Crippen LogP contribution < -0.4 is 10.6 Å². The van der Waals surface area contributed by atoms with Crippen molar-refractivity contribution < 1.29 is 0 Å². The summed E-state index contributed by atoms with van der Waals surface area (Å²) >= 11 is 0. The lowest BCUT2D eigenvalue weighted by Crippen LogP contribution is -2.44. The molecule has 0 heterocycles. The van der Waals surface area contributed by atoms with E-state index in [1.165, 1.54) is 6.42 Å². The van der Waals surface area contributed by atoms with Crippen LogP contribution in [0.15, 0.2) is 0 Å². The van der Waals surface area contributed by atoms with E-state index in [1.807, 2.05) is 7.05 Å². The molecule has 0 aliphatic carbocycles. The van der Waals surface area contributed by atoms with Gasteiger partial charge in [-0.1, -0.05) is 27.7 Å². The van der Waals surface area contributed by atoms with E-state index in [4.69, 9.17) is 0 Å². The Labute approximate surface area is 89.9 Å². The van der Waals surface area contributed by atoms with E-state index >= 15 is 0 Å². The van der Waals surface area contributed by atoms with Gasteiger partial charge in [-0.3, -0.25) is 0 Å². The Morgan fingerprint density at radius 3 is 1.93 bits per heavy atom. The van der Waals surface area contributed by atoms with Crippen LogP contribution in [0.2, 0.25) is 0 Å². The predicted octanol–water partition coefficient (Wildman–Crippen LogP) is 2.40. The van der Waals surface area contributed by atoms with Gasteiger partial charge < -0.3 is 10.6 Å². The molecular formula is C12H28N2. The first-order valence-electron chi connectivity index (χ1n) is 5.61. The molecular weight excluding hydrogens is 172 g/mol. The van der Waals surface area contributed by atoms with Gasteiger partial charge in [0, 0.05) is 18.1 Å². The fraction of sp³-hybridized carbons (Fsp3) is 1.00. The molecule has 0 atom stereocenters. The Bertz CT molecular complexity index is 160. The third-order valence-corrected chi connectivity index (χ3v) is 2.59. The zero-order chi connectivity index (χ0) is 11.4. The van der Waals surface area contributed by atoms with Crippen molar-refractivity contribution in [3.8, 4) is 0 Å². The smallest absolute Gasteiger partial charge is 0.0127 e. The molecule has 0 fully saturated rings. The van der Waals surface area contributed by atoms with E-state index < -0.39 is 0 Å². The summed E-state index contributed by atoms with van der Waals surface area (Å²) in [4.78, 5) is 0. The number of hydrogen-bond acceptors (Lipinski definition) is 2. The molecule has 0 aromatic rings. The van der Waals surface area contributed by atoms with Crippen molar-refractivity contribution in [2.45, 2.75) is 59.5 Å². The van der Waals surface area contributed by atoms with Crippen LogP contribution >= 0.6 is 0 Å². The van der Waals surface area contributed by atoms with Crippen molar-refractivity contribution in [1.29, 1.82) is 0 Å². The first-order chi connectivity index (χ1) is 6.18. The minimum atomic E-state index is 0.224. The van der Waals surface area contributed by atoms with E-state index in [-0.39, 0.29) is 5.54 Å². The molecule has 0 spiro atoms. The number of rotatable bonds is 6. The van der Waals surface area contributed by atoms with Crippen LogP contribution in [-0.4, -0.2) is 25.2 Å². The minimum absolute atomic E-state index is 0.224. The first-order valence-corrected chi connectivity index (χ1v) is 5.61. The Balaban J connectivity index is 4.06. The summed E-state index contributed by atoms with van der Waals surface area (Å²) in [6.07, 6.45) is 1.18. The van der Waals surface area contributed by atoms with Crippen LogP contribution in [-0.2, 0) is 0 Å². The normalized spacial score (nSPS) is 13.7. The highest BCUT2D eigenvalue weighted by atomic mass is 14.9. The maximum Gasteiger partial charge on any atom is 0.0127 e. The van der Waals surface area contributed by atoms with Crippen molar-refractivity contribution >= 4 is 0 Å². The summed E-state index contributed by atoms with van der Waals surface area (Å²) in [7, 11) is 2.03. The van der Waals surface area contributed by atoms with Gasteiger partial charge in [0.2, 0.25) is 0 Å². The molecule has 14 heavy (non-hydrogen) atoms. The highest BCUT2D eigenvalue weighted by Crippen LogP contribution is 2.26. The van der Waals surface area contributed by atoms with Gasteiger partial charge in [0.15, 0.2) is 0 Å². The van der Waals surface area contributed by atoms with Crippen LogP contribution in [0.5, 0.6) is 0 Å². The molecule has 0 radical (unpaired) electrons. The molecule has 0 aliphatic heterocycles. The third-order valence-electron chi connectivity index (χ3n) is 2.59. The predicted molar refractivity (Wildman–Crippen MR) is 64.7 cm³/mol. The van der Waals surface area contributed by atoms with Gasteiger partial charge in [-0.25, -0.2) is 0 Å². The van der Waals surface area contributed by atoms with Gasteiger partial charge >= 0.3 is 0 Å². The molecule has 86 valence electrons. The van der Waals surface area contributed by atoms with Crippen LogP contribution in [0.1, 0.15) is 48.0 Å². The summed E-state index contributed by atoms with van der Waals surface area (Å²) in [6, 6.07) is 0.576. The van der Waals surface area contributed by atoms with E-state index in [9.17, 15) is 0 Å². The highest BCUT2D eigenvalue weighted by molar-refractivity contribution is 4.85. The largest absolute Gasteiger partial charge is 0.315 e. The Kier molecular flexibility index (Phi) is 5.10. The Morgan fingerprint density at radius 1 is 1.07 bits per heavy atom. The zero-order valence-corrected chi connectivity index (χ0v) is 11.0. The summed E-state index contributed by atoms with van der Waals surface area (Å²) in [5.74, 6) is 0. The Morgan fingerprint density at radius 2 is 1.57 bits per heavy atom. The van der Waals surface area contributed by atoms with E-state index in [1.54, 1.807) is 0 Å². The van der Waals surface area contributed by atoms with Crippen LogP contribution in [0.4, 0.5) is 0 Å². The molecule has 0 bridgehead atoms. The fourth-order valence-corrected chi connectivity index (χ4v) is 1.83. The van der Waals surface area contributed by atoms with Crippen LogP contribution in [0.25, 0.3) is 0 Å². The summed E-state index contributed by atoms with van der Waals surface area (Å²) in [5.41, 5.74) is 0.568. The van der Waals surface area contributed by atoms with Gasteiger partial charge in [-0.15, -0.1) is 0 Å². The highest BCUT2D eigenvalue weighted by Gasteiger charge is 2.27. The maximum atomic E-state index is 3.50. The van der Waals surface area contributed by atoms with Crippen molar-refractivity contribution in [3.63, 3.8) is 0 Å². The SMILES string of the molecule is CNC(C)(C)CC(C)(C)CNC(C)C. The molecule has 0 rings (SSSR count). The summed E-state index contributed by atoms with van der Waals surface area (Å²) < 4.78 is 0. The van der Waals surface area contributed by atoms with Gasteiger partial charge in [-0.2, -0.15) is 0 Å². The molecule has 0 saturated heterocycles. The zero-order valence-electron chi connectivity index (χ0n) is 11.0. The van der Waals surface area contributed by atoms with Crippen LogP contribution in [0.3, 0.4) is 0 Å². The van der Waals surface area contributed by atoms with Gasteiger partial charge in [-0.05, 0) is 32.7 Å². The topological polar surface area (TPSA) is 24.1 Å². The quantitative estimate of drug-likeness (QED) is 0.688. The van der Waals surface area contributed by atoms with Crippen molar-refractivity contribution in [1.82, 2.24) is 10.6 Å². The first kappa shape index (κ1) is 13.9. The fourth-order valence-electron chi connectivity index (χ4n) is 1.83. The third kappa shape index (κ3) is 6.39. The summed E-state index contributed by atoms with van der Waals surface area (Å²) in [5, 5.41) is 6.86. The molecule has 0 amide bonds. The number of hydrogen-bond donors (Lipinski definition) is 2. The van der Waals surface area contributed by atoms with Gasteiger partial charge in [0.1, 0.15) is 0 Å². The van der Waals surface area contributed by atoms with Gasteiger partial charge in [0.25, 0.3) is 0 Å². The molecule has 2 nitrogen and oxygen atoms in total. The van der Waals surface area contributed by atoms with Crippen LogP contribution in [0, 0.1) is 5.41 Å². The molecule has 0 aliphatic rings. The molecule has 0 saturated carbocycles. The van der Waals surface area contributed by atoms with Crippen molar-refractivity contribution in [3.05, 3.63) is 0 Å². The Hall–Kier alpha value is -0.0800. The molecule has 2 heteroatoms. The lowest BCUT2D eigenvalue weighted by atomic mass is 9.80. The summed E-state index contributed by atoms with van der Waals surface area (Å²) in [6.45, 7) is 14.6. The second kappa shape index (κ2) is 5.13. The van der Waals surface area contributed by atoms with Crippen molar-refractivity contribution in [2.75, 3.05) is 13.6 Å². The minimum Gasteiger partial charge on any atom is -0.315 e. The molecule has 2 N–H and O–H groups in total. The lowest BCUT2D eigenvalue weighted by Gasteiger charge is -2.35. The standard InChI is InChI=1S/C12H28N2/c1-10(2)14-9-11(3,4)8-12(5,6)13-7/h10,13-14H,8-9H2,1-7H3.